The van der Waals surface area contributed by atoms with E-state index in [1.807, 2.05) is 0 Å². The number of nitrogens with zero attached hydrogens (tertiary/aromatic N) is 1. The maximum Gasteiger partial charge on any atom is 0.0794 e. The van der Waals surface area contributed by atoms with E-state index in [1.165, 1.54) is 81.1 Å². The van der Waals surface area contributed by atoms with Crippen molar-refractivity contribution in [3.05, 3.63) is 164 Å². The summed E-state index contributed by atoms with van der Waals surface area (Å²) in [6, 6.07) is 59.6. The minimum atomic E-state index is 1.02. The highest BCUT2D eigenvalue weighted by atomic mass is 14.7. The largest absolute Gasteiger partial charge is 0.247 e. The Morgan fingerprint density at radius 3 is 1.52 bits per heavy atom. The summed E-state index contributed by atoms with van der Waals surface area (Å²) in [4.78, 5) is 5.36. The third-order valence-electron chi connectivity index (χ3n) is 9.81. The Hall–Kier alpha value is -6.05. The van der Waals surface area contributed by atoms with Crippen LogP contribution in [0.2, 0.25) is 0 Å². The first-order valence-corrected chi connectivity index (χ1v) is 15.9. The molecule has 0 aliphatic rings. The van der Waals surface area contributed by atoms with Crippen LogP contribution in [-0.4, -0.2) is 4.98 Å². The van der Waals surface area contributed by atoms with Crippen molar-refractivity contribution < 1.29 is 0 Å². The molecule has 0 aliphatic heterocycles. The lowest BCUT2D eigenvalue weighted by molar-refractivity contribution is 1.43. The van der Waals surface area contributed by atoms with E-state index < -0.39 is 0 Å². The molecule has 0 fully saturated rings. The van der Waals surface area contributed by atoms with Gasteiger partial charge in [0.1, 0.15) is 0 Å². The Morgan fingerprint density at radius 2 is 0.804 bits per heavy atom. The van der Waals surface area contributed by atoms with Gasteiger partial charge in [0.15, 0.2) is 0 Å². The summed E-state index contributed by atoms with van der Waals surface area (Å²) in [7, 11) is 0. The van der Waals surface area contributed by atoms with Crippen LogP contribution in [0.25, 0.3) is 97.9 Å². The predicted octanol–water partition coefficient (Wildman–Crippen LogP) is 12.5. The van der Waals surface area contributed by atoms with E-state index in [9.17, 15) is 0 Å². The van der Waals surface area contributed by atoms with E-state index in [0.29, 0.717) is 0 Å². The van der Waals surface area contributed by atoms with Gasteiger partial charge in [0.25, 0.3) is 0 Å². The molecule has 0 spiro atoms. The SMILES string of the molecule is c1ccc2c(c1)ccc1c3ccccc3c(-c3ccc(-c4nc5ccccc5c5c6ccccc6c6ccccc6c45)cc3)cc21. The van der Waals surface area contributed by atoms with Crippen molar-refractivity contribution in [3.8, 4) is 22.4 Å². The number of para-hydroxylation sites is 1. The zero-order valence-electron chi connectivity index (χ0n) is 25.0. The van der Waals surface area contributed by atoms with Gasteiger partial charge in [-0.15, -0.1) is 0 Å². The zero-order valence-corrected chi connectivity index (χ0v) is 25.0. The molecular formula is C45H27N. The summed E-state index contributed by atoms with van der Waals surface area (Å²) in [6.07, 6.45) is 0. The van der Waals surface area contributed by atoms with Crippen molar-refractivity contribution in [1.82, 2.24) is 4.98 Å². The fourth-order valence-corrected chi connectivity index (χ4v) is 7.74. The van der Waals surface area contributed by atoms with Gasteiger partial charge < -0.3 is 0 Å². The topological polar surface area (TPSA) is 12.9 Å². The molecule has 0 bridgehead atoms. The molecule has 1 nitrogen and oxygen atoms in total. The molecule has 0 unspecified atom stereocenters. The second-order valence-electron chi connectivity index (χ2n) is 12.2. The van der Waals surface area contributed by atoms with E-state index in [0.717, 1.165) is 16.8 Å². The average Bonchev–Trinajstić information content (AvgIpc) is 3.14. The normalized spacial score (nSPS) is 11.9. The van der Waals surface area contributed by atoms with Crippen LogP contribution in [0.5, 0.6) is 0 Å². The first-order valence-electron chi connectivity index (χ1n) is 15.9. The highest BCUT2D eigenvalue weighted by Crippen LogP contribution is 2.43. The van der Waals surface area contributed by atoms with Gasteiger partial charge >= 0.3 is 0 Å². The molecule has 0 aliphatic carbocycles. The fraction of sp³-hybridized carbons (Fsp3) is 0. The fourth-order valence-electron chi connectivity index (χ4n) is 7.74. The molecule has 10 rings (SSSR count). The van der Waals surface area contributed by atoms with Gasteiger partial charge in [0.2, 0.25) is 0 Å². The number of rotatable bonds is 2. The van der Waals surface area contributed by atoms with Crippen molar-refractivity contribution >= 4 is 75.5 Å². The Labute approximate surface area is 266 Å². The Morgan fingerprint density at radius 1 is 0.304 bits per heavy atom. The average molecular weight is 582 g/mol. The van der Waals surface area contributed by atoms with Crippen molar-refractivity contribution in [2.75, 3.05) is 0 Å². The smallest absolute Gasteiger partial charge is 0.0794 e. The minimum Gasteiger partial charge on any atom is -0.247 e. The van der Waals surface area contributed by atoms with E-state index >= 15 is 0 Å². The second kappa shape index (κ2) is 9.72. The maximum atomic E-state index is 5.36. The maximum absolute atomic E-state index is 5.36. The van der Waals surface area contributed by atoms with Crippen LogP contribution in [-0.2, 0) is 0 Å². The number of hydrogen-bond acceptors (Lipinski definition) is 1. The molecular weight excluding hydrogens is 555 g/mol. The molecule has 0 saturated carbocycles. The standard InChI is InChI=1S/C45H27N/c1-2-12-31-28(11-1)25-26-36-32-13-3-4-16-35(32)40(27-41(31)36)29-21-23-30(24-22-29)45-44-38-18-8-6-15-34(38)33-14-5-7-17-37(33)43(44)39-19-9-10-20-42(39)46-45/h1-27H. The quantitative estimate of drug-likeness (QED) is 0.185. The summed E-state index contributed by atoms with van der Waals surface area (Å²) in [5.74, 6) is 0. The van der Waals surface area contributed by atoms with Gasteiger partial charge in [-0.1, -0.05) is 152 Å². The van der Waals surface area contributed by atoms with Crippen LogP contribution >= 0.6 is 0 Å². The number of pyridine rings is 1. The first-order chi connectivity index (χ1) is 22.8. The Kier molecular flexibility index (Phi) is 5.35. The summed E-state index contributed by atoms with van der Waals surface area (Å²) in [5, 5.41) is 16.4. The molecule has 0 saturated heterocycles. The molecule has 0 radical (unpaired) electrons. The van der Waals surface area contributed by atoms with E-state index in [-0.39, 0.29) is 0 Å². The van der Waals surface area contributed by atoms with Gasteiger partial charge in [-0.05, 0) is 77.1 Å². The van der Waals surface area contributed by atoms with E-state index in [1.54, 1.807) is 0 Å². The van der Waals surface area contributed by atoms with Gasteiger partial charge in [0.05, 0.1) is 11.2 Å². The molecule has 0 atom stereocenters. The molecule has 10 aromatic rings. The van der Waals surface area contributed by atoms with Gasteiger partial charge in [-0.2, -0.15) is 0 Å². The molecule has 212 valence electrons. The van der Waals surface area contributed by atoms with E-state index in [2.05, 4.69) is 164 Å². The van der Waals surface area contributed by atoms with Crippen LogP contribution in [0.15, 0.2) is 164 Å². The van der Waals surface area contributed by atoms with Crippen molar-refractivity contribution in [2.24, 2.45) is 0 Å². The van der Waals surface area contributed by atoms with Crippen molar-refractivity contribution in [1.29, 1.82) is 0 Å². The highest BCUT2D eigenvalue weighted by Gasteiger charge is 2.18. The zero-order chi connectivity index (χ0) is 30.2. The molecule has 9 aromatic carbocycles. The third-order valence-corrected chi connectivity index (χ3v) is 9.81. The molecule has 1 heteroatoms. The first kappa shape index (κ1) is 25.3. The predicted molar refractivity (Wildman–Crippen MR) is 198 cm³/mol. The lowest BCUT2D eigenvalue weighted by Crippen LogP contribution is -1.93. The number of hydrogen-bond donors (Lipinski definition) is 0. The Balaban J connectivity index is 1.25. The lowest BCUT2D eigenvalue weighted by Gasteiger charge is -2.17. The Bertz CT molecular complexity index is 2840. The van der Waals surface area contributed by atoms with Gasteiger partial charge in [-0.3, -0.25) is 0 Å². The van der Waals surface area contributed by atoms with Crippen LogP contribution in [0.1, 0.15) is 0 Å². The molecule has 1 heterocycles. The minimum absolute atomic E-state index is 1.02. The number of fused-ring (bicyclic) bond motifs is 13. The number of benzene rings is 9. The third kappa shape index (κ3) is 3.60. The summed E-state index contributed by atoms with van der Waals surface area (Å²) >= 11 is 0. The van der Waals surface area contributed by atoms with Crippen LogP contribution < -0.4 is 0 Å². The van der Waals surface area contributed by atoms with Crippen molar-refractivity contribution in [3.63, 3.8) is 0 Å². The lowest BCUT2D eigenvalue weighted by atomic mass is 9.89. The highest BCUT2D eigenvalue weighted by molar-refractivity contribution is 6.33. The van der Waals surface area contributed by atoms with Crippen LogP contribution in [0.4, 0.5) is 0 Å². The van der Waals surface area contributed by atoms with Gasteiger partial charge in [0, 0.05) is 21.7 Å². The second-order valence-corrected chi connectivity index (χ2v) is 12.2. The van der Waals surface area contributed by atoms with Gasteiger partial charge in [-0.25, -0.2) is 4.98 Å². The molecule has 0 amide bonds. The number of aromatic nitrogens is 1. The van der Waals surface area contributed by atoms with E-state index in [4.69, 9.17) is 4.98 Å². The molecule has 0 N–H and O–H groups in total. The summed E-state index contributed by atoms with van der Waals surface area (Å²) < 4.78 is 0. The molecule has 46 heavy (non-hydrogen) atoms. The monoisotopic (exact) mass is 581 g/mol. The van der Waals surface area contributed by atoms with Crippen LogP contribution in [0.3, 0.4) is 0 Å². The van der Waals surface area contributed by atoms with Crippen molar-refractivity contribution in [2.45, 2.75) is 0 Å². The summed E-state index contributed by atoms with van der Waals surface area (Å²) in [6.45, 7) is 0. The summed E-state index contributed by atoms with van der Waals surface area (Å²) in [5.41, 5.74) is 5.61. The van der Waals surface area contributed by atoms with Crippen LogP contribution in [0, 0.1) is 0 Å². The molecule has 1 aromatic heterocycles.